The lowest BCUT2D eigenvalue weighted by molar-refractivity contribution is -0.137. The first kappa shape index (κ1) is 20.4. The SMILES string of the molecule is CC(C)C1Oc2ccc(N)nc2N(CC(=O)Nc2cccc(C(F)(F)F)c2)C1=O. The van der Waals surface area contributed by atoms with Crippen LogP contribution in [0.5, 0.6) is 5.75 Å². The van der Waals surface area contributed by atoms with E-state index in [2.05, 4.69) is 10.3 Å². The number of halogens is 3. The maximum absolute atomic E-state index is 12.9. The summed E-state index contributed by atoms with van der Waals surface area (Å²) in [5.74, 6) is -0.828. The van der Waals surface area contributed by atoms with Gasteiger partial charge in [-0.1, -0.05) is 19.9 Å². The predicted octanol–water partition coefficient (Wildman–Crippen LogP) is 3.07. The van der Waals surface area contributed by atoms with E-state index in [0.29, 0.717) is 5.75 Å². The highest BCUT2D eigenvalue weighted by molar-refractivity contribution is 6.05. The summed E-state index contributed by atoms with van der Waals surface area (Å²) in [4.78, 5) is 30.5. The first-order chi connectivity index (χ1) is 13.6. The van der Waals surface area contributed by atoms with E-state index in [-0.39, 0.29) is 23.2 Å². The average molecular weight is 408 g/mol. The van der Waals surface area contributed by atoms with Crippen LogP contribution in [0.2, 0.25) is 0 Å². The van der Waals surface area contributed by atoms with Gasteiger partial charge >= 0.3 is 6.18 Å². The van der Waals surface area contributed by atoms with Crippen LogP contribution in [0.15, 0.2) is 36.4 Å². The predicted molar refractivity (Wildman–Crippen MR) is 100 cm³/mol. The molecule has 0 spiro atoms. The molecule has 154 valence electrons. The van der Waals surface area contributed by atoms with Crippen LogP contribution < -0.4 is 20.7 Å². The van der Waals surface area contributed by atoms with Crippen molar-refractivity contribution < 1.29 is 27.5 Å². The molecule has 0 bridgehead atoms. The summed E-state index contributed by atoms with van der Waals surface area (Å²) in [7, 11) is 0. The molecule has 1 unspecified atom stereocenters. The Morgan fingerprint density at radius 3 is 2.69 bits per heavy atom. The molecule has 1 aromatic carbocycles. The zero-order valence-electron chi connectivity index (χ0n) is 15.7. The van der Waals surface area contributed by atoms with Crippen molar-refractivity contribution in [1.82, 2.24) is 4.98 Å². The molecular formula is C19H19F3N4O3. The summed E-state index contributed by atoms with van der Waals surface area (Å²) in [6, 6.07) is 7.29. The number of rotatable bonds is 4. The van der Waals surface area contributed by atoms with Crippen LogP contribution >= 0.6 is 0 Å². The number of nitrogens with zero attached hydrogens (tertiary/aromatic N) is 2. The van der Waals surface area contributed by atoms with E-state index >= 15 is 0 Å². The second kappa shape index (κ2) is 7.61. The molecular weight excluding hydrogens is 389 g/mol. The third-order valence-corrected chi connectivity index (χ3v) is 4.26. The number of fused-ring (bicyclic) bond motifs is 1. The van der Waals surface area contributed by atoms with Gasteiger partial charge in [0, 0.05) is 5.69 Å². The number of hydrogen-bond donors (Lipinski definition) is 2. The first-order valence-electron chi connectivity index (χ1n) is 8.78. The van der Waals surface area contributed by atoms with E-state index in [4.69, 9.17) is 10.5 Å². The Morgan fingerprint density at radius 1 is 1.31 bits per heavy atom. The molecule has 0 saturated heterocycles. The van der Waals surface area contributed by atoms with Crippen LogP contribution in [0.25, 0.3) is 0 Å². The Labute approximate surface area is 164 Å². The number of carbonyl (C=O) groups excluding carboxylic acids is 2. The smallest absolute Gasteiger partial charge is 0.416 e. The fraction of sp³-hybridized carbons (Fsp3) is 0.316. The molecule has 0 radical (unpaired) electrons. The molecule has 10 heteroatoms. The van der Waals surface area contributed by atoms with E-state index < -0.39 is 36.2 Å². The highest BCUT2D eigenvalue weighted by atomic mass is 19.4. The zero-order valence-corrected chi connectivity index (χ0v) is 15.7. The largest absolute Gasteiger partial charge is 0.476 e. The second-order valence-electron chi connectivity index (χ2n) is 6.89. The maximum Gasteiger partial charge on any atom is 0.416 e. The lowest BCUT2D eigenvalue weighted by Crippen LogP contribution is -2.51. The van der Waals surface area contributed by atoms with Crippen molar-refractivity contribution in [2.24, 2.45) is 5.92 Å². The van der Waals surface area contributed by atoms with Crippen molar-refractivity contribution in [2.75, 3.05) is 22.5 Å². The number of amides is 2. The summed E-state index contributed by atoms with van der Waals surface area (Å²) in [5, 5.41) is 2.38. The average Bonchev–Trinajstić information content (AvgIpc) is 2.63. The summed E-state index contributed by atoms with van der Waals surface area (Å²) >= 11 is 0. The molecule has 2 aromatic rings. The molecule has 7 nitrogen and oxygen atoms in total. The van der Waals surface area contributed by atoms with Gasteiger partial charge in [-0.05, 0) is 36.2 Å². The lowest BCUT2D eigenvalue weighted by atomic mass is 10.0. The second-order valence-corrected chi connectivity index (χ2v) is 6.89. The number of nitrogens with two attached hydrogens (primary N) is 1. The third-order valence-electron chi connectivity index (χ3n) is 4.26. The standard InChI is InChI=1S/C19H19F3N4O3/c1-10(2)16-18(28)26(17-13(29-16)6-7-14(23)25-17)9-15(27)24-12-5-3-4-11(8-12)19(20,21)22/h3-8,10,16H,9H2,1-2H3,(H2,23,25)(H,24,27). The van der Waals surface area contributed by atoms with Crippen LogP contribution in [-0.4, -0.2) is 29.4 Å². The normalized spacial score (nSPS) is 16.4. The van der Waals surface area contributed by atoms with E-state index in [0.717, 1.165) is 17.0 Å². The van der Waals surface area contributed by atoms with Crippen LogP contribution in [0.1, 0.15) is 19.4 Å². The third kappa shape index (κ3) is 4.41. The van der Waals surface area contributed by atoms with Crippen molar-refractivity contribution in [3.63, 3.8) is 0 Å². The highest BCUT2D eigenvalue weighted by Gasteiger charge is 2.38. The Morgan fingerprint density at radius 2 is 2.03 bits per heavy atom. The fourth-order valence-corrected chi connectivity index (χ4v) is 2.87. The van der Waals surface area contributed by atoms with Crippen LogP contribution in [-0.2, 0) is 15.8 Å². The molecule has 1 aromatic heterocycles. The van der Waals surface area contributed by atoms with Gasteiger partial charge in [0.25, 0.3) is 5.91 Å². The molecule has 3 N–H and O–H groups in total. The van der Waals surface area contributed by atoms with Crippen molar-refractivity contribution in [2.45, 2.75) is 26.1 Å². The number of aromatic nitrogens is 1. The number of nitrogens with one attached hydrogen (secondary N) is 1. The van der Waals surface area contributed by atoms with Gasteiger partial charge in [0.1, 0.15) is 12.4 Å². The van der Waals surface area contributed by atoms with Gasteiger partial charge in [-0.2, -0.15) is 13.2 Å². The molecule has 3 rings (SSSR count). The molecule has 1 aliphatic heterocycles. The van der Waals surface area contributed by atoms with Gasteiger partial charge in [0.2, 0.25) is 5.91 Å². The molecule has 1 atom stereocenters. The summed E-state index contributed by atoms with van der Waals surface area (Å²) in [6.07, 6.45) is -5.36. The molecule has 0 saturated carbocycles. The van der Waals surface area contributed by atoms with Crippen LogP contribution in [0, 0.1) is 5.92 Å². The summed E-state index contributed by atoms with van der Waals surface area (Å²) < 4.78 is 44.2. The minimum atomic E-state index is -4.54. The molecule has 0 aliphatic carbocycles. The Kier molecular flexibility index (Phi) is 5.36. The monoisotopic (exact) mass is 408 g/mol. The summed E-state index contributed by atoms with van der Waals surface area (Å²) in [5.41, 5.74) is 4.76. The van der Waals surface area contributed by atoms with Gasteiger partial charge in [-0.25, -0.2) is 4.98 Å². The van der Waals surface area contributed by atoms with E-state index in [1.165, 1.54) is 18.2 Å². The van der Waals surface area contributed by atoms with Gasteiger partial charge < -0.3 is 15.8 Å². The number of ether oxygens (including phenoxy) is 1. The maximum atomic E-state index is 12.9. The highest BCUT2D eigenvalue weighted by Crippen LogP contribution is 2.35. The van der Waals surface area contributed by atoms with Gasteiger partial charge in [-0.15, -0.1) is 0 Å². The number of anilines is 3. The molecule has 2 amide bonds. The van der Waals surface area contributed by atoms with E-state index in [9.17, 15) is 22.8 Å². The number of carbonyl (C=O) groups is 2. The number of nitrogen functional groups attached to an aromatic ring is 1. The number of alkyl halides is 3. The van der Waals surface area contributed by atoms with Crippen molar-refractivity contribution >= 4 is 29.1 Å². The number of benzene rings is 1. The summed E-state index contributed by atoms with van der Waals surface area (Å²) in [6.45, 7) is 3.13. The van der Waals surface area contributed by atoms with E-state index in [1.54, 1.807) is 19.9 Å². The van der Waals surface area contributed by atoms with Crippen LogP contribution in [0.3, 0.4) is 0 Å². The quantitative estimate of drug-likeness (QED) is 0.810. The minimum Gasteiger partial charge on any atom is -0.476 e. The van der Waals surface area contributed by atoms with Gasteiger partial charge in [0.15, 0.2) is 17.7 Å². The Hall–Kier alpha value is -3.30. The Bertz CT molecular complexity index is 947. The van der Waals surface area contributed by atoms with Crippen molar-refractivity contribution in [3.8, 4) is 5.75 Å². The number of pyridine rings is 1. The zero-order chi connectivity index (χ0) is 21.3. The lowest BCUT2D eigenvalue weighted by Gasteiger charge is -2.34. The molecule has 1 aliphatic rings. The minimum absolute atomic E-state index is 0.0355. The first-order valence-corrected chi connectivity index (χ1v) is 8.78. The van der Waals surface area contributed by atoms with Crippen molar-refractivity contribution in [1.29, 1.82) is 0 Å². The topological polar surface area (TPSA) is 97.6 Å². The molecule has 0 fully saturated rings. The van der Waals surface area contributed by atoms with Gasteiger partial charge in [0.05, 0.1) is 5.56 Å². The van der Waals surface area contributed by atoms with Crippen molar-refractivity contribution in [3.05, 3.63) is 42.0 Å². The number of hydrogen-bond acceptors (Lipinski definition) is 5. The molecule has 29 heavy (non-hydrogen) atoms. The fourth-order valence-electron chi connectivity index (χ4n) is 2.87. The van der Waals surface area contributed by atoms with E-state index in [1.807, 2.05) is 0 Å². The Balaban J connectivity index is 1.84. The molecule has 2 heterocycles. The van der Waals surface area contributed by atoms with Crippen LogP contribution in [0.4, 0.5) is 30.5 Å². The van der Waals surface area contributed by atoms with Gasteiger partial charge in [-0.3, -0.25) is 14.5 Å².